The Morgan fingerprint density at radius 2 is 2.47 bits per heavy atom. The number of aromatic nitrogens is 1. The smallest absolute Gasteiger partial charge is 0.258 e. The molecule has 1 aliphatic rings. The van der Waals surface area contributed by atoms with E-state index in [1.54, 1.807) is 0 Å². The summed E-state index contributed by atoms with van der Waals surface area (Å²) in [7, 11) is 0. The van der Waals surface area contributed by atoms with Crippen molar-refractivity contribution >= 4 is 11.7 Å². The minimum absolute atomic E-state index is 0.0139. The van der Waals surface area contributed by atoms with Gasteiger partial charge >= 0.3 is 0 Å². The molecule has 0 bridgehead atoms. The number of rotatable bonds is 2. The van der Waals surface area contributed by atoms with E-state index in [2.05, 4.69) is 4.98 Å². The van der Waals surface area contributed by atoms with Gasteiger partial charge in [0.15, 0.2) is 0 Å². The SMILES string of the molecule is Nc1ncc(F)cc1C(=O)N1CCCC1CO. The molecule has 0 spiro atoms. The number of halogens is 1. The Balaban J connectivity index is 2.27. The van der Waals surface area contributed by atoms with E-state index in [1.807, 2.05) is 0 Å². The number of nitrogens with zero attached hydrogens (tertiary/aromatic N) is 2. The van der Waals surface area contributed by atoms with Crippen LogP contribution in [0.1, 0.15) is 23.2 Å². The standard InChI is InChI=1S/C11H14FN3O2/c12-7-4-9(10(13)14-5-7)11(17)15-3-1-2-8(15)6-16/h4-5,8,16H,1-3,6H2,(H2,13,14). The molecule has 1 fully saturated rings. The number of carbonyl (C=O) groups excluding carboxylic acids is 1. The van der Waals surface area contributed by atoms with Gasteiger partial charge in [-0.15, -0.1) is 0 Å². The number of hydrogen-bond donors (Lipinski definition) is 2. The molecule has 1 unspecified atom stereocenters. The molecule has 17 heavy (non-hydrogen) atoms. The van der Waals surface area contributed by atoms with E-state index in [0.717, 1.165) is 25.1 Å². The Morgan fingerprint density at radius 1 is 1.71 bits per heavy atom. The van der Waals surface area contributed by atoms with E-state index < -0.39 is 5.82 Å². The number of pyridine rings is 1. The summed E-state index contributed by atoms with van der Waals surface area (Å²) in [6.45, 7) is 0.467. The van der Waals surface area contributed by atoms with Gasteiger partial charge in [0.05, 0.1) is 24.4 Å². The Morgan fingerprint density at radius 3 is 3.18 bits per heavy atom. The van der Waals surface area contributed by atoms with Crippen molar-refractivity contribution in [2.75, 3.05) is 18.9 Å². The molecule has 0 saturated carbocycles. The number of nitrogen functional groups attached to an aromatic ring is 1. The highest BCUT2D eigenvalue weighted by molar-refractivity contribution is 5.98. The van der Waals surface area contributed by atoms with Crippen LogP contribution in [0.15, 0.2) is 12.3 Å². The molecule has 1 aliphatic heterocycles. The molecule has 92 valence electrons. The van der Waals surface area contributed by atoms with Gasteiger partial charge in [0.1, 0.15) is 11.6 Å². The van der Waals surface area contributed by atoms with Crippen molar-refractivity contribution < 1.29 is 14.3 Å². The van der Waals surface area contributed by atoms with Gasteiger partial charge in [0.25, 0.3) is 5.91 Å². The van der Waals surface area contributed by atoms with Gasteiger partial charge < -0.3 is 15.7 Å². The molecule has 6 heteroatoms. The quantitative estimate of drug-likeness (QED) is 0.783. The Bertz CT molecular complexity index is 439. The van der Waals surface area contributed by atoms with Crippen LogP contribution in [0.2, 0.25) is 0 Å². The van der Waals surface area contributed by atoms with Gasteiger partial charge in [0.2, 0.25) is 0 Å². The highest BCUT2D eigenvalue weighted by atomic mass is 19.1. The summed E-state index contributed by atoms with van der Waals surface area (Å²) in [5.74, 6) is -0.951. The van der Waals surface area contributed by atoms with Crippen LogP contribution in [0, 0.1) is 5.82 Å². The maximum absolute atomic E-state index is 13.0. The predicted molar refractivity (Wildman–Crippen MR) is 59.8 cm³/mol. The zero-order chi connectivity index (χ0) is 12.4. The summed E-state index contributed by atoms with van der Waals surface area (Å²) in [5.41, 5.74) is 5.62. The molecule has 2 rings (SSSR count). The van der Waals surface area contributed by atoms with Crippen molar-refractivity contribution in [1.29, 1.82) is 0 Å². The number of aliphatic hydroxyl groups is 1. The number of carbonyl (C=O) groups is 1. The van der Waals surface area contributed by atoms with Crippen molar-refractivity contribution in [1.82, 2.24) is 9.88 Å². The van der Waals surface area contributed by atoms with Crippen molar-refractivity contribution in [2.24, 2.45) is 0 Å². The number of nitrogens with two attached hydrogens (primary N) is 1. The number of amides is 1. The van der Waals surface area contributed by atoms with Crippen molar-refractivity contribution in [3.63, 3.8) is 0 Å². The van der Waals surface area contributed by atoms with Crippen LogP contribution in [0.5, 0.6) is 0 Å². The topological polar surface area (TPSA) is 79.5 Å². The third-order valence-electron chi connectivity index (χ3n) is 2.96. The van der Waals surface area contributed by atoms with Crippen molar-refractivity contribution in [2.45, 2.75) is 18.9 Å². The monoisotopic (exact) mass is 239 g/mol. The van der Waals surface area contributed by atoms with E-state index in [1.165, 1.54) is 4.90 Å². The molecule has 1 saturated heterocycles. The lowest BCUT2D eigenvalue weighted by Gasteiger charge is -2.23. The Hall–Kier alpha value is -1.69. The van der Waals surface area contributed by atoms with Crippen molar-refractivity contribution in [3.8, 4) is 0 Å². The maximum atomic E-state index is 13.0. The van der Waals surface area contributed by atoms with Crippen LogP contribution in [0.3, 0.4) is 0 Å². The highest BCUT2D eigenvalue weighted by Gasteiger charge is 2.30. The number of likely N-dealkylation sites (tertiary alicyclic amines) is 1. The number of anilines is 1. The zero-order valence-electron chi connectivity index (χ0n) is 9.27. The average Bonchev–Trinajstić information content (AvgIpc) is 2.79. The Kier molecular flexibility index (Phi) is 3.23. The van der Waals surface area contributed by atoms with Crippen LogP contribution >= 0.6 is 0 Å². The molecule has 1 aromatic heterocycles. The first-order valence-electron chi connectivity index (χ1n) is 5.46. The fourth-order valence-corrected chi connectivity index (χ4v) is 2.07. The molecule has 0 aromatic carbocycles. The fourth-order valence-electron chi connectivity index (χ4n) is 2.07. The molecule has 2 heterocycles. The Labute approximate surface area is 98.1 Å². The summed E-state index contributed by atoms with van der Waals surface area (Å²) in [6.07, 6.45) is 2.56. The van der Waals surface area contributed by atoms with Crippen LogP contribution in [0.25, 0.3) is 0 Å². The average molecular weight is 239 g/mol. The second kappa shape index (κ2) is 4.67. The van der Waals surface area contributed by atoms with E-state index in [4.69, 9.17) is 10.8 Å². The largest absolute Gasteiger partial charge is 0.394 e. The maximum Gasteiger partial charge on any atom is 0.258 e. The van der Waals surface area contributed by atoms with Crippen LogP contribution < -0.4 is 5.73 Å². The molecular formula is C11H14FN3O2. The fraction of sp³-hybridized carbons (Fsp3) is 0.455. The van der Waals surface area contributed by atoms with Crippen LogP contribution in [0.4, 0.5) is 10.2 Å². The van der Waals surface area contributed by atoms with E-state index >= 15 is 0 Å². The summed E-state index contributed by atoms with van der Waals surface area (Å²) < 4.78 is 13.0. The lowest BCUT2D eigenvalue weighted by molar-refractivity contribution is 0.0678. The summed E-state index contributed by atoms with van der Waals surface area (Å²) in [4.78, 5) is 17.3. The molecule has 0 aliphatic carbocycles. The van der Waals surface area contributed by atoms with E-state index in [-0.39, 0.29) is 29.9 Å². The molecular weight excluding hydrogens is 225 g/mol. The van der Waals surface area contributed by atoms with Gasteiger partial charge in [-0.1, -0.05) is 0 Å². The van der Waals surface area contributed by atoms with Gasteiger partial charge in [-0.25, -0.2) is 9.37 Å². The van der Waals surface area contributed by atoms with Crippen LogP contribution in [-0.4, -0.2) is 40.1 Å². The summed E-state index contributed by atoms with van der Waals surface area (Å²) >= 11 is 0. The van der Waals surface area contributed by atoms with Gasteiger partial charge in [-0.05, 0) is 18.9 Å². The molecule has 1 amide bonds. The summed E-state index contributed by atoms with van der Waals surface area (Å²) in [5, 5.41) is 9.14. The second-order valence-electron chi connectivity index (χ2n) is 4.06. The zero-order valence-corrected chi connectivity index (χ0v) is 9.27. The third kappa shape index (κ3) is 2.21. The lowest BCUT2D eigenvalue weighted by atomic mass is 10.2. The first-order valence-corrected chi connectivity index (χ1v) is 5.46. The minimum atomic E-state index is -0.595. The predicted octanol–water partition coefficient (Wildman–Crippen LogP) is 0.400. The van der Waals surface area contributed by atoms with Gasteiger partial charge in [-0.3, -0.25) is 4.79 Å². The van der Waals surface area contributed by atoms with E-state index in [9.17, 15) is 9.18 Å². The highest BCUT2D eigenvalue weighted by Crippen LogP contribution is 2.21. The number of hydrogen-bond acceptors (Lipinski definition) is 4. The van der Waals surface area contributed by atoms with Crippen molar-refractivity contribution in [3.05, 3.63) is 23.6 Å². The molecule has 5 nitrogen and oxygen atoms in total. The molecule has 1 aromatic rings. The first kappa shape index (κ1) is 11.8. The normalized spacial score (nSPS) is 19.6. The van der Waals surface area contributed by atoms with E-state index in [0.29, 0.717) is 6.54 Å². The minimum Gasteiger partial charge on any atom is -0.394 e. The van der Waals surface area contributed by atoms with Gasteiger partial charge in [0, 0.05) is 6.54 Å². The number of aliphatic hydroxyl groups excluding tert-OH is 1. The first-order chi connectivity index (χ1) is 8.13. The summed E-state index contributed by atoms with van der Waals surface area (Å²) in [6, 6.07) is 0.877. The molecule has 1 atom stereocenters. The third-order valence-corrected chi connectivity index (χ3v) is 2.96. The second-order valence-corrected chi connectivity index (χ2v) is 4.06. The molecule has 0 radical (unpaired) electrons. The van der Waals surface area contributed by atoms with Crippen LogP contribution in [-0.2, 0) is 0 Å². The molecule has 3 N–H and O–H groups in total. The lowest BCUT2D eigenvalue weighted by Crippen LogP contribution is -2.38. The van der Waals surface area contributed by atoms with Gasteiger partial charge in [-0.2, -0.15) is 0 Å².